The number of hydrogen-bond acceptors (Lipinski definition) is 4. The van der Waals surface area contributed by atoms with Crippen molar-refractivity contribution >= 4 is 22.5 Å². The van der Waals surface area contributed by atoms with Gasteiger partial charge in [0.1, 0.15) is 11.4 Å². The van der Waals surface area contributed by atoms with Crippen molar-refractivity contribution in [3.63, 3.8) is 0 Å². The second-order valence-corrected chi connectivity index (χ2v) is 11.4. The zero-order valence-electron chi connectivity index (χ0n) is 24.0. The molecule has 2 aliphatic heterocycles. The lowest BCUT2D eigenvalue weighted by Crippen LogP contribution is -2.49. The van der Waals surface area contributed by atoms with Gasteiger partial charge in [0.2, 0.25) is 0 Å². The first-order valence-electron chi connectivity index (χ1n) is 14.6. The van der Waals surface area contributed by atoms with E-state index in [1.807, 2.05) is 23.1 Å². The molecule has 0 spiro atoms. The molecule has 0 bridgehead atoms. The lowest BCUT2D eigenvalue weighted by molar-refractivity contribution is 0.0739. The summed E-state index contributed by atoms with van der Waals surface area (Å²) < 4.78 is 5.30. The predicted octanol–water partition coefficient (Wildman–Crippen LogP) is 6.14. The summed E-state index contributed by atoms with van der Waals surface area (Å²) in [6, 6.07) is 23.2. The van der Waals surface area contributed by atoms with Crippen molar-refractivity contribution in [1.29, 1.82) is 0 Å². The van der Waals surface area contributed by atoms with E-state index in [1.54, 1.807) is 12.7 Å². The van der Waals surface area contributed by atoms with Gasteiger partial charge in [-0.2, -0.15) is 0 Å². The molecule has 40 heavy (non-hydrogen) atoms. The minimum absolute atomic E-state index is 0.117. The zero-order valence-corrected chi connectivity index (χ0v) is 24.0. The number of anilines is 1. The van der Waals surface area contributed by atoms with E-state index in [0.29, 0.717) is 19.0 Å². The van der Waals surface area contributed by atoms with Crippen molar-refractivity contribution in [3.8, 4) is 5.75 Å². The van der Waals surface area contributed by atoms with Crippen LogP contribution in [0.5, 0.6) is 5.75 Å². The van der Waals surface area contributed by atoms with Crippen LogP contribution in [0.1, 0.15) is 51.5 Å². The Morgan fingerprint density at radius 3 is 2.20 bits per heavy atom. The highest BCUT2D eigenvalue weighted by atomic mass is 16.5. The number of nitrogens with one attached hydrogen (secondary N) is 1. The molecule has 6 heteroatoms. The Labute approximate surface area is 237 Å². The fraction of sp³-hybridized carbons (Fsp3) is 0.382. The molecule has 1 amide bonds. The highest BCUT2D eigenvalue weighted by Crippen LogP contribution is 2.34. The first-order chi connectivity index (χ1) is 19.5. The molecule has 1 N–H and O–H groups in total. The van der Waals surface area contributed by atoms with E-state index >= 15 is 0 Å². The lowest BCUT2D eigenvalue weighted by atomic mass is 9.84. The molecule has 1 aromatic heterocycles. The third-order valence-electron chi connectivity index (χ3n) is 8.95. The Hall–Kier alpha value is -3.77. The normalized spacial score (nSPS) is 17.0. The number of carbonyl (C=O) groups excluding carboxylic acids is 1. The van der Waals surface area contributed by atoms with E-state index in [-0.39, 0.29) is 5.91 Å². The van der Waals surface area contributed by atoms with Gasteiger partial charge in [-0.05, 0) is 92.7 Å². The van der Waals surface area contributed by atoms with Gasteiger partial charge in [-0.15, -0.1) is 0 Å². The lowest BCUT2D eigenvalue weighted by Gasteiger charge is -2.36. The van der Waals surface area contributed by atoms with Crippen LogP contribution in [0.2, 0.25) is 0 Å². The fourth-order valence-corrected chi connectivity index (χ4v) is 6.74. The maximum Gasteiger partial charge on any atom is 0.270 e. The predicted molar refractivity (Wildman–Crippen MR) is 163 cm³/mol. The summed E-state index contributed by atoms with van der Waals surface area (Å²) in [5, 5.41) is 1.17. The molecular formula is C34H40N4O2. The second kappa shape index (κ2) is 11.4. The highest BCUT2D eigenvalue weighted by molar-refractivity contribution is 6.01. The second-order valence-electron chi connectivity index (χ2n) is 11.4. The van der Waals surface area contributed by atoms with Gasteiger partial charge in [-0.1, -0.05) is 36.4 Å². The number of nitrogens with zero attached hydrogens (tertiary/aromatic N) is 3. The summed E-state index contributed by atoms with van der Waals surface area (Å²) in [5.74, 6) is 1.59. The first-order valence-corrected chi connectivity index (χ1v) is 14.6. The molecule has 0 aliphatic carbocycles. The number of carbonyl (C=O) groups is 1. The third-order valence-corrected chi connectivity index (χ3v) is 8.95. The Balaban J connectivity index is 1.15. The molecule has 6 rings (SSSR count). The van der Waals surface area contributed by atoms with Crippen molar-refractivity contribution in [1.82, 2.24) is 14.8 Å². The van der Waals surface area contributed by atoms with E-state index in [0.717, 1.165) is 68.1 Å². The number of aromatic amines is 1. The standard InChI is InChI=1S/C34H40N4O2/c1-24-7-6-8-25(2)32(24)26-15-17-36(18-16-26)23-30-29-9-4-5-10-31(29)35-33(30)34(39)38-21-19-37(20-22-38)27-11-13-28(40-3)14-12-27/h4-14,26,35H,15-23H2,1-3H3. The Kier molecular flexibility index (Phi) is 7.53. The molecule has 3 aromatic carbocycles. The van der Waals surface area contributed by atoms with Gasteiger partial charge in [0, 0.05) is 54.9 Å². The molecule has 0 radical (unpaired) electrons. The summed E-state index contributed by atoms with van der Waals surface area (Å²) in [7, 11) is 1.69. The first kappa shape index (κ1) is 26.5. The van der Waals surface area contributed by atoms with Crippen molar-refractivity contribution in [2.45, 2.75) is 39.2 Å². The van der Waals surface area contributed by atoms with E-state index in [2.05, 4.69) is 77.2 Å². The van der Waals surface area contributed by atoms with E-state index < -0.39 is 0 Å². The number of fused-ring (bicyclic) bond motifs is 1. The van der Waals surface area contributed by atoms with Crippen LogP contribution in [-0.4, -0.2) is 67.1 Å². The van der Waals surface area contributed by atoms with Crippen LogP contribution < -0.4 is 9.64 Å². The van der Waals surface area contributed by atoms with Gasteiger partial charge in [0.25, 0.3) is 5.91 Å². The van der Waals surface area contributed by atoms with Crippen LogP contribution in [0.4, 0.5) is 5.69 Å². The van der Waals surface area contributed by atoms with Crippen LogP contribution in [-0.2, 0) is 6.54 Å². The van der Waals surface area contributed by atoms with Gasteiger partial charge in [0.15, 0.2) is 0 Å². The Morgan fingerprint density at radius 1 is 0.850 bits per heavy atom. The number of aryl methyl sites for hydroxylation is 2. The molecule has 0 atom stereocenters. The number of H-pyrrole nitrogens is 1. The average molecular weight is 537 g/mol. The van der Waals surface area contributed by atoms with Crippen molar-refractivity contribution in [2.75, 3.05) is 51.3 Å². The number of piperazine rings is 1. The van der Waals surface area contributed by atoms with Crippen molar-refractivity contribution in [2.24, 2.45) is 0 Å². The molecule has 208 valence electrons. The van der Waals surface area contributed by atoms with E-state index in [4.69, 9.17) is 4.74 Å². The number of amides is 1. The van der Waals surface area contributed by atoms with Crippen LogP contribution >= 0.6 is 0 Å². The number of rotatable bonds is 6. The maximum atomic E-state index is 13.9. The molecule has 2 aliphatic rings. The largest absolute Gasteiger partial charge is 0.497 e. The van der Waals surface area contributed by atoms with Gasteiger partial charge >= 0.3 is 0 Å². The smallest absolute Gasteiger partial charge is 0.270 e. The molecule has 6 nitrogen and oxygen atoms in total. The molecule has 3 heterocycles. The Morgan fingerprint density at radius 2 is 1.52 bits per heavy atom. The SMILES string of the molecule is COc1ccc(N2CCN(C(=O)c3[nH]c4ccccc4c3CN3CCC(c4c(C)cccc4C)CC3)CC2)cc1. The number of aromatic nitrogens is 1. The molecule has 0 saturated carbocycles. The van der Waals surface area contributed by atoms with Gasteiger partial charge in [-0.3, -0.25) is 9.69 Å². The maximum absolute atomic E-state index is 13.9. The summed E-state index contributed by atoms with van der Waals surface area (Å²) in [4.78, 5) is 24.3. The monoisotopic (exact) mass is 536 g/mol. The van der Waals surface area contributed by atoms with Crippen LogP contribution in [0, 0.1) is 13.8 Å². The Bertz CT molecular complexity index is 1460. The van der Waals surface area contributed by atoms with Gasteiger partial charge < -0.3 is 19.5 Å². The minimum atomic E-state index is 0.117. The van der Waals surface area contributed by atoms with Crippen molar-refractivity contribution < 1.29 is 9.53 Å². The van der Waals surface area contributed by atoms with E-state index in [1.165, 1.54) is 22.2 Å². The van der Waals surface area contributed by atoms with Crippen molar-refractivity contribution in [3.05, 3.63) is 94.7 Å². The zero-order chi connectivity index (χ0) is 27.6. The fourth-order valence-electron chi connectivity index (χ4n) is 6.74. The van der Waals surface area contributed by atoms with E-state index in [9.17, 15) is 4.79 Å². The summed E-state index contributed by atoms with van der Waals surface area (Å²) in [6.45, 7) is 10.4. The number of likely N-dealkylation sites (tertiary alicyclic amines) is 1. The third kappa shape index (κ3) is 5.20. The molecule has 2 fully saturated rings. The summed E-state index contributed by atoms with van der Waals surface area (Å²) in [5.41, 5.74) is 8.48. The average Bonchev–Trinajstić information content (AvgIpc) is 3.36. The molecule has 0 unspecified atom stereocenters. The number of piperidine rings is 1. The molecule has 2 saturated heterocycles. The van der Waals surface area contributed by atoms with Gasteiger partial charge in [-0.25, -0.2) is 0 Å². The minimum Gasteiger partial charge on any atom is -0.497 e. The highest BCUT2D eigenvalue weighted by Gasteiger charge is 2.29. The topological polar surface area (TPSA) is 51.8 Å². The summed E-state index contributed by atoms with van der Waals surface area (Å²) >= 11 is 0. The number of hydrogen-bond donors (Lipinski definition) is 1. The van der Waals surface area contributed by atoms with Crippen LogP contribution in [0.15, 0.2) is 66.7 Å². The van der Waals surface area contributed by atoms with Crippen LogP contribution in [0.3, 0.4) is 0 Å². The molecule has 4 aromatic rings. The number of methoxy groups -OCH3 is 1. The number of ether oxygens (including phenoxy) is 1. The molecular weight excluding hydrogens is 496 g/mol. The number of para-hydroxylation sites is 1. The quantitative estimate of drug-likeness (QED) is 0.322. The summed E-state index contributed by atoms with van der Waals surface area (Å²) in [6.07, 6.45) is 2.31. The number of benzene rings is 3. The van der Waals surface area contributed by atoms with Crippen LogP contribution in [0.25, 0.3) is 10.9 Å². The van der Waals surface area contributed by atoms with Gasteiger partial charge in [0.05, 0.1) is 7.11 Å².